The van der Waals surface area contributed by atoms with Crippen LogP contribution in [0.5, 0.6) is 0 Å². The Morgan fingerprint density at radius 2 is 2.27 bits per heavy atom. The third kappa shape index (κ3) is 2.12. The van der Waals surface area contributed by atoms with Crippen molar-refractivity contribution in [2.75, 3.05) is 19.6 Å². The highest BCUT2D eigenvalue weighted by Gasteiger charge is 2.38. The number of carboxylic acids is 1. The van der Waals surface area contributed by atoms with Crippen molar-refractivity contribution in [1.29, 1.82) is 0 Å². The smallest absolute Gasteiger partial charge is 0.308 e. The van der Waals surface area contributed by atoms with Gasteiger partial charge < -0.3 is 10.4 Å². The normalized spacial score (nSPS) is 32.7. The molecule has 2 unspecified atom stereocenters. The minimum absolute atomic E-state index is 0.0114. The van der Waals surface area contributed by atoms with E-state index in [0.717, 1.165) is 25.8 Å². The monoisotopic (exact) mass is 212 g/mol. The lowest BCUT2D eigenvalue weighted by molar-refractivity contribution is -0.144. The van der Waals surface area contributed by atoms with Crippen LogP contribution in [-0.4, -0.2) is 47.6 Å². The number of nitrogens with one attached hydrogen (secondary N) is 1. The van der Waals surface area contributed by atoms with Gasteiger partial charge in [0.25, 0.3) is 0 Å². The predicted molar refractivity (Wildman–Crippen MR) is 53.3 cm³/mol. The first kappa shape index (κ1) is 10.4. The van der Waals surface area contributed by atoms with Gasteiger partial charge in [0.05, 0.1) is 12.5 Å². The lowest BCUT2D eigenvalue weighted by Gasteiger charge is -2.33. The summed E-state index contributed by atoms with van der Waals surface area (Å²) in [4.78, 5) is 24.2. The summed E-state index contributed by atoms with van der Waals surface area (Å²) in [7, 11) is 0. The van der Waals surface area contributed by atoms with Crippen molar-refractivity contribution in [2.45, 2.75) is 25.3 Å². The second kappa shape index (κ2) is 4.18. The zero-order chi connectivity index (χ0) is 10.8. The van der Waals surface area contributed by atoms with Crippen LogP contribution in [-0.2, 0) is 9.59 Å². The lowest BCUT2D eigenvalue weighted by Crippen LogP contribution is -2.53. The molecule has 0 aromatic heterocycles. The number of rotatable bonds is 2. The van der Waals surface area contributed by atoms with Crippen molar-refractivity contribution in [3.8, 4) is 0 Å². The van der Waals surface area contributed by atoms with E-state index in [0.29, 0.717) is 13.1 Å². The standard InChI is InChI=1S/C10H16N2O3/c13-9-6-12(5-4-11-9)8-3-1-2-7(8)10(14)15/h7-8H,1-6H2,(H,11,13)(H,14,15). The summed E-state index contributed by atoms with van der Waals surface area (Å²) in [6.07, 6.45) is 2.61. The third-order valence-corrected chi connectivity index (χ3v) is 3.33. The number of nitrogens with zero attached hydrogens (tertiary/aromatic N) is 1. The van der Waals surface area contributed by atoms with Gasteiger partial charge in [0.2, 0.25) is 5.91 Å². The molecule has 2 fully saturated rings. The van der Waals surface area contributed by atoms with Crippen molar-refractivity contribution in [3.63, 3.8) is 0 Å². The van der Waals surface area contributed by atoms with Gasteiger partial charge in [0.15, 0.2) is 0 Å². The number of carboxylic acid groups (broad SMARTS) is 1. The molecule has 1 saturated carbocycles. The molecule has 1 amide bonds. The van der Waals surface area contributed by atoms with Crippen LogP contribution in [0.1, 0.15) is 19.3 Å². The molecular weight excluding hydrogens is 196 g/mol. The topological polar surface area (TPSA) is 69.6 Å². The number of carbonyl (C=O) groups excluding carboxylic acids is 1. The molecule has 1 saturated heterocycles. The van der Waals surface area contributed by atoms with Gasteiger partial charge in [-0.05, 0) is 12.8 Å². The van der Waals surface area contributed by atoms with E-state index >= 15 is 0 Å². The highest BCUT2D eigenvalue weighted by molar-refractivity contribution is 5.79. The van der Waals surface area contributed by atoms with Crippen LogP contribution in [0.15, 0.2) is 0 Å². The molecule has 1 heterocycles. The van der Waals surface area contributed by atoms with E-state index < -0.39 is 5.97 Å². The molecule has 2 aliphatic rings. The molecule has 0 aromatic rings. The Labute approximate surface area is 88.4 Å². The Hall–Kier alpha value is -1.10. The number of piperazine rings is 1. The third-order valence-electron chi connectivity index (χ3n) is 3.33. The van der Waals surface area contributed by atoms with E-state index in [9.17, 15) is 9.59 Å². The summed E-state index contributed by atoms with van der Waals surface area (Å²) in [6.45, 7) is 1.77. The quantitative estimate of drug-likeness (QED) is 0.657. The highest BCUT2D eigenvalue weighted by atomic mass is 16.4. The number of amides is 1. The number of hydrogen-bond acceptors (Lipinski definition) is 3. The molecule has 0 bridgehead atoms. The van der Waals surface area contributed by atoms with Crippen LogP contribution in [0.3, 0.4) is 0 Å². The molecule has 1 aliphatic carbocycles. The van der Waals surface area contributed by atoms with Crippen molar-refractivity contribution < 1.29 is 14.7 Å². The van der Waals surface area contributed by atoms with Crippen LogP contribution in [0, 0.1) is 5.92 Å². The Bertz CT molecular complexity index is 280. The van der Waals surface area contributed by atoms with E-state index in [2.05, 4.69) is 5.32 Å². The molecule has 2 N–H and O–H groups in total. The maximum atomic E-state index is 11.2. The van der Waals surface area contributed by atoms with Gasteiger partial charge in [-0.1, -0.05) is 6.42 Å². The summed E-state index contributed by atoms with van der Waals surface area (Å²) >= 11 is 0. The predicted octanol–water partition coefficient (Wildman–Crippen LogP) is -0.328. The number of carbonyl (C=O) groups is 2. The molecule has 84 valence electrons. The highest BCUT2D eigenvalue weighted by Crippen LogP contribution is 2.30. The largest absolute Gasteiger partial charge is 0.481 e. The van der Waals surface area contributed by atoms with E-state index in [1.54, 1.807) is 0 Å². The maximum absolute atomic E-state index is 11.2. The summed E-state index contributed by atoms with van der Waals surface area (Å²) in [5.41, 5.74) is 0. The van der Waals surface area contributed by atoms with Gasteiger partial charge in [-0.2, -0.15) is 0 Å². The Kier molecular flexibility index (Phi) is 2.90. The zero-order valence-electron chi connectivity index (χ0n) is 8.61. The van der Waals surface area contributed by atoms with Crippen molar-refractivity contribution in [1.82, 2.24) is 10.2 Å². The van der Waals surface area contributed by atoms with Crippen molar-refractivity contribution in [3.05, 3.63) is 0 Å². The molecule has 5 heteroatoms. The molecule has 0 aromatic carbocycles. The fourth-order valence-electron chi connectivity index (χ4n) is 2.61. The summed E-state index contributed by atoms with van der Waals surface area (Å²) in [6, 6.07) is 0.0635. The minimum Gasteiger partial charge on any atom is -0.481 e. The molecule has 0 spiro atoms. The maximum Gasteiger partial charge on any atom is 0.308 e. The molecule has 0 radical (unpaired) electrons. The summed E-state index contributed by atoms with van der Waals surface area (Å²) < 4.78 is 0. The molecule has 2 rings (SSSR count). The molecule has 5 nitrogen and oxygen atoms in total. The van der Waals surface area contributed by atoms with E-state index in [1.165, 1.54) is 0 Å². The fourth-order valence-corrected chi connectivity index (χ4v) is 2.61. The van der Waals surface area contributed by atoms with Crippen LogP contribution >= 0.6 is 0 Å². The van der Waals surface area contributed by atoms with E-state index in [4.69, 9.17) is 5.11 Å². The van der Waals surface area contributed by atoms with Gasteiger partial charge in [-0.25, -0.2) is 0 Å². The summed E-state index contributed by atoms with van der Waals surface area (Å²) in [5, 5.41) is 11.8. The fraction of sp³-hybridized carbons (Fsp3) is 0.800. The van der Waals surface area contributed by atoms with Crippen LogP contribution in [0.25, 0.3) is 0 Å². The van der Waals surface area contributed by atoms with Crippen molar-refractivity contribution in [2.24, 2.45) is 5.92 Å². The first-order chi connectivity index (χ1) is 7.18. The lowest BCUT2D eigenvalue weighted by atomic mass is 10.0. The second-order valence-electron chi connectivity index (χ2n) is 4.26. The molecule has 2 atom stereocenters. The van der Waals surface area contributed by atoms with E-state index in [-0.39, 0.29) is 17.9 Å². The Morgan fingerprint density at radius 1 is 1.47 bits per heavy atom. The SMILES string of the molecule is O=C1CN(C2CCCC2C(=O)O)CCN1. The first-order valence-electron chi connectivity index (χ1n) is 5.42. The first-order valence-corrected chi connectivity index (χ1v) is 5.42. The minimum atomic E-state index is -0.719. The van der Waals surface area contributed by atoms with Gasteiger partial charge in [-0.3, -0.25) is 14.5 Å². The Morgan fingerprint density at radius 3 is 2.93 bits per heavy atom. The number of hydrogen-bond donors (Lipinski definition) is 2. The molecule has 1 aliphatic heterocycles. The average Bonchev–Trinajstić information content (AvgIpc) is 2.65. The van der Waals surface area contributed by atoms with Crippen LogP contribution < -0.4 is 5.32 Å². The van der Waals surface area contributed by atoms with Gasteiger partial charge in [0.1, 0.15) is 0 Å². The number of aliphatic carboxylic acids is 1. The van der Waals surface area contributed by atoms with E-state index in [1.807, 2.05) is 4.90 Å². The second-order valence-corrected chi connectivity index (χ2v) is 4.26. The van der Waals surface area contributed by atoms with Gasteiger partial charge >= 0.3 is 5.97 Å². The Balaban J connectivity index is 2.02. The summed E-state index contributed by atoms with van der Waals surface area (Å²) in [5.74, 6) is -0.989. The average molecular weight is 212 g/mol. The van der Waals surface area contributed by atoms with Crippen LogP contribution in [0.4, 0.5) is 0 Å². The van der Waals surface area contributed by atoms with Gasteiger partial charge in [0, 0.05) is 19.1 Å². The van der Waals surface area contributed by atoms with Crippen molar-refractivity contribution >= 4 is 11.9 Å². The van der Waals surface area contributed by atoms with Crippen LogP contribution in [0.2, 0.25) is 0 Å². The van der Waals surface area contributed by atoms with Gasteiger partial charge in [-0.15, -0.1) is 0 Å². The molecular formula is C10H16N2O3. The molecule has 15 heavy (non-hydrogen) atoms. The zero-order valence-corrected chi connectivity index (χ0v) is 8.61.